The lowest BCUT2D eigenvalue weighted by Gasteiger charge is -2.34. The van der Waals surface area contributed by atoms with Crippen molar-refractivity contribution in [3.63, 3.8) is 0 Å². The van der Waals surface area contributed by atoms with Gasteiger partial charge in [-0.2, -0.15) is 5.26 Å². The third kappa shape index (κ3) is 3.06. The van der Waals surface area contributed by atoms with Crippen LogP contribution in [0, 0.1) is 16.7 Å². The van der Waals surface area contributed by atoms with E-state index in [1.807, 2.05) is 66.7 Å². The van der Waals surface area contributed by atoms with Crippen LogP contribution < -0.4 is 9.64 Å². The first kappa shape index (κ1) is 20.0. The zero-order chi connectivity index (χ0) is 22.2. The molecule has 0 spiro atoms. The smallest absolute Gasteiger partial charge is 0.138 e. The van der Waals surface area contributed by atoms with Gasteiger partial charge in [0, 0.05) is 16.0 Å². The van der Waals surface area contributed by atoms with E-state index in [-0.39, 0.29) is 11.6 Å². The average Bonchev–Trinajstić information content (AvgIpc) is 3.24. The molecule has 2 aliphatic rings. The van der Waals surface area contributed by atoms with E-state index in [0.717, 1.165) is 16.1 Å². The van der Waals surface area contributed by atoms with Gasteiger partial charge in [-0.05, 0) is 29.8 Å². The number of nitriles is 1. The number of amidine groups is 1. The number of methoxy groups -OCH3 is 1. The van der Waals surface area contributed by atoms with E-state index in [1.54, 1.807) is 24.1 Å². The van der Waals surface area contributed by atoms with Crippen molar-refractivity contribution < 1.29 is 9.84 Å². The van der Waals surface area contributed by atoms with Crippen LogP contribution in [0.4, 0.5) is 5.69 Å². The van der Waals surface area contributed by atoms with Gasteiger partial charge in [0.05, 0.1) is 30.4 Å². The first-order valence-corrected chi connectivity index (χ1v) is 10.9. The molecule has 0 amide bonds. The van der Waals surface area contributed by atoms with E-state index in [9.17, 15) is 10.4 Å². The molecule has 32 heavy (non-hydrogen) atoms. The lowest BCUT2D eigenvalue weighted by atomic mass is 9.80. The third-order valence-corrected chi connectivity index (χ3v) is 6.84. The molecule has 2 heterocycles. The average molecular weight is 438 g/mol. The fourth-order valence-electron chi connectivity index (χ4n) is 4.15. The number of hydrogen-bond donors (Lipinski definition) is 2. The highest BCUT2D eigenvalue weighted by molar-refractivity contribution is 8.03. The summed E-state index contributed by atoms with van der Waals surface area (Å²) in [6, 6.07) is 26.8. The second-order valence-electron chi connectivity index (χ2n) is 7.42. The van der Waals surface area contributed by atoms with Gasteiger partial charge in [0.1, 0.15) is 22.4 Å². The predicted octanol–water partition coefficient (Wildman–Crippen LogP) is 6.09. The van der Waals surface area contributed by atoms with Crippen LogP contribution in [-0.2, 0) is 0 Å². The number of nitrogens with zero attached hydrogens (tertiary/aromatic N) is 2. The van der Waals surface area contributed by atoms with Crippen LogP contribution in [0.25, 0.3) is 5.76 Å². The van der Waals surface area contributed by atoms with Gasteiger partial charge in [-0.15, -0.1) is 0 Å². The lowest BCUT2D eigenvalue weighted by Crippen LogP contribution is -2.36. The Balaban J connectivity index is 1.79. The minimum Gasteiger partial charge on any atom is -0.507 e. The normalized spacial score (nSPS) is 18.7. The van der Waals surface area contributed by atoms with Crippen LogP contribution in [0.3, 0.4) is 0 Å². The molecule has 0 aromatic heterocycles. The van der Waals surface area contributed by atoms with Crippen molar-refractivity contribution in [3.05, 3.63) is 106 Å². The van der Waals surface area contributed by atoms with Gasteiger partial charge in [-0.1, -0.05) is 66.4 Å². The van der Waals surface area contributed by atoms with Crippen LogP contribution in [0.1, 0.15) is 17.0 Å². The maximum atomic E-state index is 11.4. The number of allylic oxidation sites excluding steroid dienone is 1. The number of hydrogen-bond acceptors (Lipinski definition) is 5. The third-order valence-electron chi connectivity index (χ3n) is 5.67. The molecule has 0 radical (unpaired) electrons. The quantitative estimate of drug-likeness (QED) is 0.485. The van der Waals surface area contributed by atoms with Crippen molar-refractivity contribution in [1.82, 2.24) is 0 Å². The molecule has 1 unspecified atom stereocenters. The van der Waals surface area contributed by atoms with Gasteiger partial charge in [-0.3, -0.25) is 10.3 Å². The maximum absolute atomic E-state index is 11.4. The maximum Gasteiger partial charge on any atom is 0.138 e. The highest BCUT2D eigenvalue weighted by Gasteiger charge is 2.43. The largest absolute Gasteiger partial charge is 0.507 e. The molecule has 1 atom stereocenters. The Hall–Kier alpha value is -3.95. The number of nitrogens with one attached hydrogen (secondary N) is 1. The SMILES string of the molecule is COc1ccc(C2C(C#N)=C3Sc4ccccc4N3C(=N)/C2=C(/O)c2ccccc2)cc1. The molecule has 2 aliphatic heterocycles. The number of para-hydroxylation sites is 1. The van der Waals surface area contributed by atoms with Crippen LogP contribution in [-0.4, -0.2) is 18.1 Å². The predicted molar refractivity (Wildman–Crippen MR) is 127 cm³/mol. The Kier molecular flexibility index (Phi) is 4.96. The molecule has 3 aromatic rings. The van der Waals surface area contributed by atoms with Crippen LogP contribution >= 0.6 is 11.8 Å². The van der Waals surface area contributed by atoms with E-state index >= 15 is 0 Å². The van der Waals surface area contributed by atoms with Crippen LogP contribution in [0.2, 0.25) is 0 Å². The second-order valence-corrected chi connectivity index (χ2v) is 8.45. The summed E-state index contributed by atoms with van der Waals surface area (Å²) in [6.07, 6.45) is 0. The number of fused-ring (bicyclic) bond motifs is 3. The van der Waals surface area contributed by atoms with Crippen LogP contribution in [0.15, 0.2) is 99.9 Å². The summed E-state index contributed by atoms with van der Waals surface area (Å²) in [5, 5.41) is 31.5. The van der Waals surface area contributed by atoms with Gasteiger partial charge in [0.25, 0.3) is 0 Å². The molecular formula is C26H19N3O2S. The second kappa shape index (κ2) is 7.95. The van der Waals surface area contributed by atoms with Crippen LogP contribution in [0.5, 0.6) is 5.75 Å². The topological polar surface area (TPSA) is 80.3 Å². The van der Waals surface area contributed by atoms with Crippen molar-refractivity contribution >= 4 is 29.0 Å². The molecule has 0 bridgehead atoms. The molecular weight excluding hydrogens is 418 g/mol. The van der Waals surface area contributed by atoms with Crippen molar-refractivity contribution in [2.45, 2.75) is 10.8 Å². The molecule has 0 saturated carbocycles. The summed E-state index contributed by atoms with van der Waals surface area (Å²) in [7, 11) is 1.60. The van der Waals surface area contributed by atoms with E-state index in [4.69, 9.17) is 10.1 Å². The molecule has 5 rings (SSSR count). The minimum atomic E-state index is -0.577. The Morgan fingerprint density at radius 3 is 2.41 bits per heavy atom. The van der Waals surface area contributed by atoms with Gasteiger partial charge < -0.3 is 9.84 Å². The number of anilines is 1. The van der Waals surface area contributed by atoms with E-state index in [2.05, 4.69) is 6.07 Å². The summed E-state index contributed by atoms with van der Waals surface area (Å²) in [5.41, 5.74) is 3.17. The Morgan fingerprint density at radius 1 is 1.03 bits per heavy atom. The van der Waals surface area contributed by atoms with Crippen molar-refractivity contribution in [2.75, 3.05) is 12.0 Å². The van der Waals surface area contributed by atoms with E-state index in [1.165, 1.54) is 11.8 Å². The number of aliphatic hydroxyl groups is 1. The fraction of sp³-hybridized carbons (Fsp3) is 0.0769. The Labute approximate surface area is 190 Å². The van der Waals surface area contributed by atoms with Gasteiger partial charge in [-0.25, -0.2) is 0 Å². The van der Waals surface area contributed by atoms with Gasteiger partial charge in [0.15, 0.2) is 0 Å². The summed E-state index contributed by atoms with van der Waals surface area (Å²) >= 11 is 1.49. The van der Waals surface area contributed by atoms with Crippen molar-refractivity contribution in [2.24, 2.45) is 0 Å². The van der Waals surface area contributed by atoms with Crippen molar-refractivity contribution in [3.8, 4) is 11.8 Å². The van der Waals surface area contributed by atoms with E-state index < -0.39 is 5.92 Å². The highest BCUT2D eigenvalue weighted by atomic mass is 32.2. The van der Waals surface area contributed by atoms with Gasteiger partial charge in [0.2, 0.25) is 0 Å². The molecule has 2 N–H and O–H groups in total. The molecule has 0 saturated heterocycles. The molecule has 0 aliphatic carbocycles. The monoisotopic (exact) mass is 437 g/mol. The summed E-state index contributed by atoms with van der Waals surface area (Å²) < 4.78 is 5.29. The zero-order valence-electron chi connectivity index (χ0n) is 17.2. The number of rotatable bonds is 3. The number of ether oxygens (including phenoxy) is 1. The fourth-order valence-corrected chi connectivity index (χ4v) is 5.33. The number of thioether (sulfide) groups is 1. The lowest BCUT2D eigenvalue weighted by molar-refractivity contribution is 0.414. The minimum absolute atomic E-state index is 0.00222. The van der Waals surface area contributed by atoms with Gasteiger partial charge >= 0.3 is 0 Å². The molecule has 0 fully saturated rings. The summed E-state index contributed by atoms with van der Waals surface area (Å²) in [4.78, 5) is 2.75. The first-order valence-electron chi connectivity index (χ1n) is 10.1. The zero-order valence-corrected chi connectivity index (χ0v) is 18.1. The summed E-state index contributed by atoms with van der Waals surface area (Å²) in [6.45, 7) is 0. The summed E-state index contributed by atoms with van der Waals surface area (Å²) in [5.74, 6) is 0.288. The number of aliphatic hydroxyl groups excluding tert-OH is 1. The van der Waals surface area contributed by atoms with E-state index in [0.29, 0.717) is 27.5 Å². The Morgan fingerprint density at radius 2 is 1.72 bits per heavy atom. The standard InChI is InChI=1S/C26H19N3O2S/c1-31-18-13-11-16(12-14-18)22-19(15-27)26-29(20-9-5-6-10-21(20)32-26)25(28)23(22)24(30)17-7-3-2-4-8-17/h2-14,22,28,30H,1H3/b24-23+,28-25?. The first-order chi connectivity index (χ1) is 15.6. The molecule has 5 nitrogen and oxygen atoms in total. The Bertz CT molecular complexity index is 1320. The molecule has 6 heteroatoms. The molecule has 156 valence electrons. The number of benzene rings is 3. The van der Waals surface area contributed by atoms with Crippen molar-refractivity contribution in [1.29, 1.82) is 10.7 Å². The highest BCUT2D eigenvalue weighted by Crippen LogP contribution is 2.54. The molecule has 3 aromatic carbocycles.